The van der Waals surface area contributed by atoms with Crippen LogP contribution in [0, 0.1) is 0 Å². The summed E-state index contributed by atoms with van der Waals surface area (Å²) in [6, 6.07) is 0. The molecule has 2 rings (SSSR count). The summed E-state index contributed by atoms with van der Waals surface area (Å²) in [4.78, 5) is 40.9. The van der Waals surface area contributed by atoms with E-state index in [1.165, 1.54) is 103 Å². The van der Waals surface area contributed by atoms with Gasteiger partial charge in [-0.3, -0.25) is 0 Å². The maximum atomic E-state index is 10.7. The van der Waals surface area contributed by atoms with Crippen LogP contribution in [0.2, 0.25) is 0 Å². The maximum absolute atomic E-state index is 10.7. The molecule has 0 spiro atoms. The van der Waals surface area contributed by atoms with E-state index in [9.17, 15) is 29.4 Å². The van der Waals surface area contributed by atoms with E-state index in [0.717, 1.165) is 64.2 Å². The van der Waals surface area contributed by atoms with E-state index in [4.69, 9.17) is 9.47 Å². The topological polar surface area (TPSA) is 151 Å². The Morgan fingerprint density at radius 3 is 0.750 bits per heavy atom. The molecule has 0 aromatic rings. The molecule has 2 fully saturated rings. The van der Waals surface area contributed by atoms with Gasteiger partial charge < -0.3 is 38.7 Å². The first-order valence-electron chi connectivity index (χ1n) is 24.7. The van der Waals surface area contributed by atoms with Gasteiger partial charge in [0.05, 0.1) is 49.3 Å². The molecular formula is C48H94O10P2. The smallest absolute Gasteiger partial charge is 0.434 e. The van der Waals surface area contributed by atoms with Gasteiger partial charge in [0.15, 0.2) is 0 Å². The van der Waals surface area contributed by atoms with Gasteiger partial charge in [-0.1, -0.05) is 120 Å². The molecule has 0 saturated heterocycles. The quantitative estimate of drug-likeness (QED) is 0.0466. The van der Waals surface area contributed by atoms with Crippen molar-refractivity contribution >= 4 is 39.1 Å². The summed E-state index contributed by atoms with van der Waals surface area (Å²) < 4.78 is 16.8. The fourth-order valence-electron chi connectivity index (χ4n) is 8.11. The molecule has 0 amide bonds. The largest absolute Gasteiger partial charge is 0.453 e. The van der Waals surface area contributed by atoms with Crippen molar-refractivity contribution in [3.8, 4) is 0 Å². The highest BCUT2D eigenvalue weighted by Gasteiger charge is 2.35. The summed E-state index contributed by atoms with van der Waals surface area (Å²) in [7, 11) is -1.12. The maximum Gasteiger partial charge on any atom is 0.434 e. The van der Waals surface area contributed by atoms with Crippen LogP contribution < -0.4 is 10.2 Å². The van der Waals surface area contributed by atoms with Gasteiger partial charge in [-0.2, -0.15) is 0 Å². The van der Waals surface area contributed by atoms with Crippen LogP contribution in [-0.2, 0) is 18.9 Å². The highest BCUT2D eigenvalue weighted by molar-refractivity contribution is 7.76. The van der Waals surface area contributed by atoms with Crippen molar-refractivity contribution in [1.82, 2.24) is 0 Å². The number of ether oxygens (including phenoxy) is 4. The second-order valence-electron chi connectivity index (χ2n) is 17.3. The van der Waals surface area contributed by atoms with Gasteiger partial charge in [-0.05, 0) is 103 Å². The SMILES string of the molecule is CCCC[P+](CCCC)(CCCC)CCCC.CCCC[P+](CCCC)(CCCC)CCCC.O=C([O-])OC(=O)OC1CCCCC1.O=C([O-])OC(=O)OC1CCCCC1. The predicted molar refractivity (Wildman–Crippen MR) is 252 cm³/mol. The van der Waals surface area contributed by atoms with Gasteiger partial charge in [0.1, 0.15) is 12.2 Å². The summed E-state index contributed by atoms with van der Waals surface area (Å²) in [5, 5.41) is 19.6. The van der Waals surface area contributed by atoms with Crippen molar-refractivity contribution in [2.24, 2.45) is 0 Å². The van der Waals surface area contributed by atoms with Gasteiger partial charge in [-0.25, -0.2) is 9.59 Å². The highest BCUT2D eigenvalue weighted by atomic mass is 31.2. The monoisotopic (exact) mass is 893 g/mol. The third-order valence-electron chi connectivity index (χ3n) is 11.9. The Bertz CT molecular complexity index is 876. The molecule has 12 heteroatoms. The van der Waals surface area contributed by atoms with Crippen molar-refractivity contribution in [3.05, 3.63) is 0 Å². The lowest BCUT2D eigenvalue weighted by Crippen LogP contribution is -2.29. The molecule has 0 heterocycles. The van der Waals surface area contributed by atoms with Crippen LogP contribution >= 0.6 is 14.5 Å². The van der Waals surface area contributed by atoms with Crippen molar-refractivity contribution in [1.29, 1.82) is 0 Å². The van der Waals surface area contributed by atoms with E-state index in [2.05, 4.69) is 64.9 Å². The number of rotatable bonds is 26. The molecule has 0 radical (unpaired) electrons. The van der Waals surface area contributed by atoms with E-state index in [1.807, 2.05) is 0 Å². The molecule has 0 N–H and O–H groups in total. The molecule has 2 aliphatic rings. The second kappa shape index (κ2) is 41.4. The molecule has 0 aromatic carbocycles. The van der Waals surface area contributed by atoms with Crippen LogP contribution in [0.3, 0.4) is 0 Å². The average Bonchev–Trinajstić information content (AvgIpc) is 3.23. The molecule has 0 aromatic heterocycles. The fourth-order valence-corrected chi connectivity index (χ4v) is 18.7. The zero-order chi connectivity index (χ0) is 45.3. The number of hydrogen-bond donors (Lipinski definition) is 0. The van der Waals surface area contributed by atoms with Gasteiger partial charge in [-0.15, -0.1) is 0 Å². The van der Waals surface area contributed by atoms with Crippen molar-refractivity contribution in [2.45, 2.75) is 235 Å². The molecule has 60 heavy (non-hydrogen) atoms. The molecule has 356 valence electrons. The summed E-state index contributed by atoms with van der Waals surface area (Å²) >= 11 is 0. The Kier molecular flexibility index (Phi) is 41.7. The first kappa shape index (κ1) is 60.4. The molecular weight excluding hydrogens is 798 g/mol. The van der Waals surface area contributed by atoms with Crippen molar-refractivity contribution in [3.63, 3.8) is 0 Å². The molecule has 0 aliphatic heterocycles. The van der Waals surface area contributed by atoms with Crippen LogP contribution in [0.5, 0.6) is 0 Å². The highest BCUT2D eigenvalue weighted by Crippen LogP contribution is 2.62. The van der Waals surface area contributed by atoms with E-state index >= 15 is 0 Å². The molecule has 0 bridgehead atoms. The summed E-state index contributed by atoms with van der Waals surface area (Å²) in [6.45, 7) is 18.8. The molecule has 2 saturated carbocycles. The minimum absolute atomic E-state index is 0.194. The summed E-state index contributed by atoms with van der Waals surface area (Å²) in [5.41, 5.74) is 0. The minimum Gasteiger partial charge on any atom is -0.453 e. The fraction of sp³-hybridized carbons (Fsp3) is 0.917. The Hall–Kier alpha value is -1.66. The lowest BCUT2D eigenvalue weighted by molar-refractivity contribution is -0.278. The van der Waals surface area contributed by atoms with Crippen LogP contribution in [0.1, 0.15) is 222 Å². The van der Waals surface area contributed by atoms with Crippen LogP contribution in [0.25, 0.3) is 0 Å². The van der Waals surface area contributed by atoms with Crippen molar-refractivity contribution in [2.75, 3.05) is 49.3 Å². The van der Waals surface area contributed by atoms with E-state index in [-0.39, 0.29) is 12.2 Å². The Labute approximate surface area is 370 Å². The summed E-state index contributed by atoms with van der Waals surface area (Å²) in [5.74, 6) is 0. The Morgan fingerprint density at radius 2 is 0.583 bits per heavy atom. The predicted octanol–water partition coefficient (Wildman–Crippen LogP) is 14.0. The van der Waals surface area contributed by atoms with E-state index in [1.54, 1.807) is 49.3 Å². The number of carbonyl (C=O) groups excluding carboxylic acids is 4. The normalized spacial score (nSPS) is 14.5. The van der Waals surface area contributed by atoms with Gasteiger partial charge in [0.2, 0.25) is 0 Å². The standard InChI is InChI=1S/2C16H36P.2C8H12O5/c2*1-5-9-13-17(14-10-6-2,15-11-7-3)16-12-8-4;2*9-7(10)13-8(11)12-6-4-2-1-3-5-6/h2*5-16H2,1-4H3;2*6H,1-5H2,(H,9,10)/q2*+1;;/p-2. The third kappa shape index (κ3) is 34.9. The van der Waals surface area contributed by atoms with Crippen molar-refractivity contribution < 1.29 is 48.3 Å². The lowest BCUT2D eigenvalue weighted by Gasteiger charge is -2.28. The number of carbonyl (C=O) groups is 4. The van der Waals surface area contributed by atoms with Gasteiger partial charge >= 0.3 is 12.3 Å². The number of hydrogen-bond acceptors (Lipinski definition) is 10. The zero-order valence-corrected chi connectivity index (χ0v) is 42.0. The lowest BCUT2D eigenvalue weighted by atomic mass is 9.98. The zero-order valence-electron chi connectivity index (χ0n) is 40.2. The van der Waals surface area contributed by atoms with Crippen LogP contribution in [-0.4, -0.2) is 86.1 Å². The van der Waals surface area contributed by atoms with E-state index < -0.39 is 39.1 Å². The molecule has 2 aliphatic carbocycles. The van der Waals surface area contributed by atoms with Crippen LogP contribution in [0.4, 0.5) is 19.2 Å². The molecule has 10 nitrogen and oxygen atoms in total. The number of carboxylic acid groups (broad SMARTS) is 2. The minimum atomic E-state index is -1.87. The summed E-state index contributed by atoms with van der Waals surface area (Å²) in [6.07, 6.45) is 38.8. The average molecular weight is 893 g/mol. The van der Waals surface area contributed by atoms with E-state index in [0.29, 0.717) is 0 Å². The van der Waals surface area contributed by atoms with Gasteiger partial charge in [0.25, 0.3) is 12.3 Å². The number of unbranched alkanes of at least 4 members (excludes halogenated alkanes) is 8. The van der Waals surface area contributed by atoms with Crippen LogP contribution in [0.15, 0.2) is 0 Å². The molecule has 0 unspecified atom stereocenters. The first-order chi connectivity index (χ1) is 28.8. The molecule has 0 atom stereocenters. The Morgan fingerprint density at radius 1 is 0.383 bits per heavy atom. The Balaban J connectivity index is 0. The first-order valence-corrected chi connectivity index (χ1v) is 29.8. The third-order valence-corrected chi connectivity index (χ3v) is 22.0. The second-order valence-corrected chi connectivity index (χ2v) is 26.2. The van der Waals surface area contributed by atoms with Gasteiger partial charge in [0, 0.05) is 14.5 Å².